The summed E-state index contributed by atoms with van der Waals surface area (Å²) in [6.07, 6.45) is 3.63. The van der Waals surface area contributed by atoms with Crippen molar-refractivity contribution in [3.05, 3.63) is 29.8 Å². The van der Waals surface area contributed by atoms with Crippen LogP contribution in [0.3, 0.4) is 0 Å². The van der Waals surface area contributed by atoms with E-state index in [1.165, 1.54) is 6.07 Å². The van der Waals surface area contributed by atoms with Gasteiger partial charge in [0, 0.05) is 18.7 Å². The molecule has 0 aromatic heterocycles. The zero-order chi connectivity index (χ0) is 17.4. The van der Waals surface area contributed by atoms with Crippen molar-refractivity contribution in [2.45, 2.75) is 51.4 Å². The number of hydrogen-bond acceptors (Lipinski definition) is 3. The van der Waals surface area contributed by atoms with Crippen molar-refractivity contribution in [3.8, 4) is 5.75 Å². The lowest BCUT2D eigenvalue weighted by Gasteiger charge is -2.23. The molecule has 0 heterocycles. The predicted octanol–water partition coefficient (Wildman–Crippen LogP) is 2.65. The number of nitrogens with one attached hydrogen (secondary N) is 2. The molecule has 1 saturated carbocycles. The van der Waals surface area contributed by atoms with Gasteiger partial charge in [-0.15, -0.1) is 0 Å². The summed E-state index contributed by atoms with van der Waals surface area (Å²) >= 11 is 0. The summed E-state index contributed by atoms with van der Waals surface area (Å²) in [5.74, 6) is 0.672. The van der Waals surface area contributed by atoms with Crippen LogP contribution in [0.1, 0.15) is 38.2 Å². The Kier molecular flexibility index (Phi) is 6.78. The quantitative estimate of drug-likeness (QED) is 0.527. The van der Waals surface area contributed by atoms with Crippen molar-refractivity contribution >= 4 is 5.96 Å². The molecule has 5 nitrogen and oxygen atoms in total. The molecule has 24 heavy (non-hydrogen) atoms. The lowest BCUT2D eigenvalue weighted by molar-refractivity contribution is -0.0504. The molecule has 0 bridgehead atoms. The summed E-state index contributed by atoms with van der Waals surface area (Å²) < 4.78 is 29.4. The molecule has 2 rings (SSSR count). The van der Waals surface area contributed by atoms with Crippen LogP contribution in [-0.4, -0.2) is 36.4 Å². The minimum absolute atomic E-state index is 0.126. The predicted molar refractivity (Wildman–Crippen MR) is 89.3 cm³/mol. The molecule has 0 atom stereocenters. The standard InChI is InChI=1S/C17H25F2N3O2/c1-2-20-16(22-12-17(23)9-5-6-10-17)21-11-13-7-3-4-8-14(13)24-15(18)19/h3-4,7-8,15,23H,2,5-6,9-12H2,1H3,(H2,20,21,22). The maximum atomic E-state index is 12.4. The number of guanidine groups is 1. The molecule has 0 spiro atoms. The van der Waals surface area contributed by atoms with Gasteiger partial charge in [-0.2, -0.15) is 8.78 Å². The third kappa shape index (κ3) is 5.63. The van der Waals surface area contributed by atoms with Crippen LogP contribution in [0.5, 0.6) is 5.75 Å². The van der Waals surface area contributed by atoms with E-state index in [2.05, 4.69) is 20.4 Å². The number of aliphatic imine (C=N–C) groups is 1. The highest BCUT2D eigenvalue weighted by molar-refractivity contribution is 5.79. The van der Waals surface area contributed by atoms with Crippen molar-refractivity contribution in [2.75, 3.05) is 13.1 Å². The van der Waals surface area contributed by atoms with E-state index in [9.17, 15) is 13.9 Å². The summed E-state index contributed by atoms with van der Waals surface area (Å²) in [5.41, 5.74) is -0.109. The van der Waals surface area contributed by atoms with E-state index in [0.717, 1.165) is 25.7 Å². The molecule has 0 amide bonds. The van der Waals surface area contributed by atoms with Gasteiger partial charge in [-0.05, 0) is 25.8 Å². The van der Waals surface area contributed by atoms with Gasteiger partial charge in [0.25, 0.3) is 0 Å². The van der Waals surface area contributed by atoms with Crippen molar-refractivity contribution in [2.24, 2.45) is 4.99 Å². The van der Waals surface area contributed by atoms with Gasteiger partial charge in [-0.1, -0.05) is 31.0 Å². The minimum Gasteiger partial charge on any atom is -0.434 e. The minimum atomic E-state index is -2.86. The molecule has 1 aromatic rings. The van der Waals surface area contributed by atoms with E-state index in [0.29, 0.717) is 24.6 Å². The SMILES string of the molecule is CCNC(=NCc1ccccc1OC(F)F)NCC1(O)CCCC1. The van der Waals surface area contributed by atoms with Crippen molar-refractivity contribution in [3.63, 3.8) is 0 Å². The van der Waals surface area contributed by atoms with E-state index in [1.54, 1.807) is 18.2 Å². The molecule has 7 heteroatoms. The highest BCUT2D eigenvalue weighted by Crippen LogP contribution is 2.28. The lowest BCUT2D eigenvalue weighted by Crippen LogP contribution is -2.46. The van der Waals surface area contributed by atoms with Gasteiger partial charge in [-0.3, -0.25) is 0 Å². The summed E-state index contributed by atoms with van der Waals surface area (Å²) in [7, 11) is 0. The first-order valence-electron chi connectivity index (χ1n) is 8.30. The number of aliphatic hydroxyl groups is 1. The molecule has 1 aliphatic rings. The van der Waals surface area contributed by atoms with Gasteiger partial charge >= 0.3 is 6.61 Å². The second-order valence-electron chi connectivity index (χ2n) is 5.97. The Bertz CT molecular complexity index is 546. The average molecular weight is 341 g/mol. The van der Waals surface area contributed by atoms with Crippen LogP contribution < -0.4 is 15.4 Å². The number of benzene rings is 1. The van der Waals surface area contributed by atoms with Crippen LogP contribution in [0.4, 0.5) is 8.78 Å². The van der Waals surface area contributed by atoms with Gasteiger partial charge in [0.1, 0.15) is 5.75 Å². The molecule has 3 N–H and O–H groups in total. The second-order valence-corrected chi connectivity index (χ2v) is 5.97. The Hall–Kier alpha value is -1.89. The maximum Gasteiger partial charge on any atom is 0.387 e. The van der Waals surface area contributed by atoms with E-state index < -0.39 is 12.2 Å². The number of alkyl halides is 2. The van der Waals surface area contributed by atoms with Crippen LogP contribution in [0.25, 0.3) is 0 Å². The summed E-state index contributed by atoms with van der Waals surface area (Å²) in [6, 6.07) is 6.60. The lowest BCUT2D eigenvalue weighted by atomic mass is 10.0. The highest BCUT2D eigenvalue weighted by atomic mass is 19.3. The summed E-state index contributed by atoms with van der Waals surface area (Å²) in [4.78, 5) is 4.40. The molecule has 1 fully saturated rings. The van der Waals surface area contributed by atoms with Crippen LogP contribution in [0.2, 0.25) is 0 Å². The molecule has 0 unspecified atom stereocenters. The van der Waals surface area contributed by atoms with Gasteiger partial charge in [0.2, 0.25) is 0 Å². The Balaban J connectivity index is 2.00. The monoisotopic (exact) mass is 341 g/mol. The second kappa shape index (κ2) is 8.82. The smallest absolute Gasteiger partial charge is 0.387 e. The van der Waals surface area contributed by atoms with Crippen LogP contribution in [0.15, 0.2) is 29.3 Å². The fourth-order valence-corrected chi connectivity index (χ4v) is 2.81. The van der Waals surface area contributed by atoms with Gasteiger partial charge in [-0.25, -0.2) is 4.99 Å². The number of para-hydroxylation sites is 1. The maximum absolute atomic E-state index is 12.4. The molecular weight excluding hydrogens is 316 g/mol. The molecule has 0 saturated heterocycles. The molecule has 0 aliphatic heterocycles. The Morgan fingerprint density at radius 2 is 2.00 bits per heavy atom. The number of nitrogens with zero attached hydrogens (tertiary/aromatic N) is 1. The molecule has 134 valence electrons. The van der Waals surface area contributed by atoms with E-state index >= 15 is 0 Å². The first-order valence-corrected chi connectivity index (χ1v) is 8.30. The molecular formula is C17H25F2N3O2. The number of halogens is 2. The van der Waals surface area contributed by atoms with E-state index in [1.807, 2.05) is 6.92 Å². The Morgan fingerprint density at radius 3 is 2.67 bits per heavy atom. The first kappa shape index (κ1) is 18.4. The zero-order valence-corrected chi connectivity index (χ0v) is 13.9. The fraction of sp³-hybridized carbons (Fsp3) is 0.588. The Labute approximate surface area is 141 Å². The number of ether oxygens (including phenoxy) is 1. The third-order valence-electron chi connectivity index (χ3n) is 4.06. The van der Waals surface area contributed by atoms with E-state index in [4.69, 9.17) is 0 Å². The Morgan fingerprint density at radius 1 is 1.29 bits per heavy atom. The van der Waals surface area contributed by atoms with Gasteiger partial charge < -0.3 is 20.5 Å². The summed E-state index contributed by atoms with van der Waals surface area (Å²) in [5, 5.41) is 16.6. The van der Waals surface area contributed by atoms with Crippen molar-refractivity contribution in [1.29, 1.82) is 0 Å². The molecule has 1 aliphatic carbocycles. The number of hydrogen-bond donors (Lipinski definition) is 3. The zero-order valence-electron chi connectivity index (χ0n) is 13.9. The average Bonchev–Trinajstić information content (AvgIpc) is 2.98. The third-order valence-corrected chi connectivity index (χ3v) is 4.06. The topological polar surface area (TPSA) is 65.9 Å². The fourth-order valence-electron chi connectivity index (χ4n) is 2.81. The number of rotatable bonds is 7. The summed E-state index contributed by atoms with van der Waals surface area (Å²) in [6.45, 7) is 0.373. The molecule has 0 radical (unpaired) electrons. The van der Waals surface area contributed by atoms with Gasteiger partial charge in [0.05, 0.1) is 12.1 Å². The highest BCUT2D eigenvalue weighted by Gasteiger charge is 2.30. The van der Waals surface area contributed by atoms with Crippen molar-refractivity contribution in [1.82, 2.24) is 10.6 Å². The normalized spacial score (nSPS) is 17.1. The van der Waals surface area contributed by atoms with Crippen LogP contribution in [-0.2, 0) is 6.54 Å². The van der Waals surface area contributed by atoms with Crippen LogP contribution in [0, 0.1) is 0 Å². The van der Waals surface area contributed by atoms with Crippen molar-refractivity contribution < 1.29 is 18.6 Å². The molecule has 1 aromatic carbocycles. The first-order chi connectivity index (χ1) is 11.5. The largest absolute Gasteiger partial charge is 0.434 e. The van der Waals surface area contributed by atoms with E-state index in [-0.39, 0.29) is 12.3 Å². The van der Waals surface area contributed by atoms with Gasteiger partial charge in [0.15, 0.2) is 5.96 Å². The van der Waals surface area contributed by atoms with Crippen LogP contribution >= 0.6 is 0 Å².